The van der Waals surface area contributed by atoms with Crippen molar-refractivity contribution in [1.29, 1.82) is 0 Å². The van der Waals surface area contributed by atoms with Gasteiger partial charge in [-0.1, -0.05) is 12.1 Å². The average molecular weight is 428 g/mol. The fraction of sp³-hybridized carbons (Fsp3) is 0.125. The average Bonchev–Trinajstić information content (AvgIpc) is 2.55. The second-order valence-electron chi connectivity index (χ2n) is 4.35. The molecule has 0 heterocycles. The Morgan fingerprint density at radius 2 is 1.39 bits per heavy atom. The summed E-state index contributed by atoms with van der Waals surface area (Å²) in [5, 5.41) is 23.1. The van der Waals surface area contributed by atoms with Gasteiger partial charge in [0.25, 0.3) is 0 Å². The summed E-state index contributed by atoms with van der Waals surface area (Å²) in [6.45, 7) is 0. The lowest BCUT2D eigenvalue weighted by atomic mass is 10.2. The highest BCUT2D eigenvalue weighted by molar-refractivity contribution is 14.1. The van der Waals surface area contributed by atoms with Gasteiger partial charge in [-0.15, -0.1) is 0 Å². The molecule has 2 aromatic carbocycles. The Balaban J connectivity index is 0.000000231. The maximum absolute atomic E-state index is 10.7. The molecule has 0 unspecified atom stereocenters. The molecule has 0 aliphatic carbocycles. The summed E-state index contributed by atoms with van der Waals surface area (Å²) in [6.07, 6.45) is 0. The molecule has 0 radical (unpaired) electrons. The molecular weight excluding hydrogens is 411 g/mol. The fourth-order valence-electron chi connectivity index (χ4n) is 1.80. The highest BCUT2D eigenvalue weighted by Crippen LogP contribution is 2.18. The third-order valence-electron chi connectivity index (χ3n) is 2.91. The van der Waals surface area contributed by atoms with Gasteiger partial charge in [-0.05, 0) is 52.9 Å². The topological polar surface area (TPSA) is 98.7 Å². The molecule has 0 fully saturated rings. The summed E-state index contributed by atoms with van der Waals surface area (Å²) in [4.78, 5) is 21.2. The van der Waals surface area contributed by atoms with Crippen LogP contribution in [0.15, 0.2) is 42.5 Å². The van der Waals surface area contributed by atoms with E-state index in [4.69, 9.17) is 10.2 Å². The standard InChI is InChI=1S/C8H8INO2.C8H9NO2/c1-10-7-3-2-5(9)4-6(7)8(11)12;1-9-7-5-3-2-4-6(7)8(10)11/h2-4,10H,1H3,(H,11,12);2-5,9H,1H3,(H,10,11). The van der Waals surface area contributed by atoms with Gasteiger partial charge in [-0.3, -0.25) is 0 Å². The first kappa shape index (κ1) is 18.8. The van der Waals surface area contributed by atoms with Crippen LogP contribution in [0.25, 0.3) is 0 Å². The first-order valence-electron chi connectivity index (χ1n) is 6.61. The Labute approximate surface area is 147 Å². The minimum absolute atomic E-state index is 0.301. The zero-order valence-corrected chi connectivity index (χ0v) is 14.8. The van der Waals surface area contributed by atoms with E-state index < -0.39 is 11.9 Å². The van der Waals surface area contributed by atoms with Crippen molar-refractivity contribution in [1.82, 2.24) is 0 Å². The van der Waals surface area contributed by atoms with E-state index in [-0.39, 0.29) is 0 Å². The summed E-state index contributed by atoms with van der Waals surface area (Å²) in [5.41, 5.74) is 1.89. The Bertz CT molecular complexity index is 704. The maximum Gasteiger partial charge on any atom is 0.337 e. The first-order chi connectivity index (χ1) is 10.9. The molecule has 0 spiro atoms. The fourth-order valence-corrected chi connectivity index (χ4v) is 2.29. The predicted octanol–water partition coefficient (Wildman–Crippen LogP) is 3.46. The van der Waals surface area contributed by atoms with Gasteiger partial charge in [0.05, 0.1) is 11.1 Å². The van der Waals surface area contributed by atoms with E-state index in [9.17, 15) is 9.59 Å². The van der Waals surface area contributed by atoms with Gasteiger partial charge in [-0.25, -0.2) is 9.59 Å². The molecule has 0 atom stereocenters. The van der Waals surface area contributed by atoms with Crippen molar-refractivity contribution in [3.8, 4) is 0 Å². The number of hydrogen-bond acceptors (Lipinski definition) is 4. The number of nitrogens with one attached hydrogen (secondary N) is 2. The van der Waals surface area contributed by atoms with Gasteiger partial charge >= 0.3 is 11.9 Å². The Kier molecular flexibility index (Phi) is 7.33. The molecule has 0 bridgehead atoms. The SMILES string of the molecule is CNc1ccc(I)cc1C(=O)O.CNc1ccccc1C(=O)O. The largest absolute Gasteiger partial charge is 0.478 e. The van der Waals surface area contributed by atoms with Gasteiger partial charge < -0.3 is 20.8 Å². The van der Waals surface area contributed by atoms with E-state index in [1.807, 2.05) is 6.07 Å². The van der Waals surface area contributed by atoms with Crippen LogP contribution in [0.1, 0.15) is 20.7 Å². The van der Waals surface area contributed by atoms with Crippen LogP contribution in [0.4, 0.5) is 11.4 Å². The number of anilines is 2. The van der Waals surface area contributed by atoms with Crippen LogP contribution in [0.5, 0.6) is 0 Å². The molecule has 0 aliphatic rings. The molecule has 2 rings (SSSR count). The third-order valence-corrected chi connectivity index (χ3v) is 3.58. The lowest BCUT2D eigenvalue weighted by Crippen LogP contribution is -2.02. The van der Waals surface area contributed by atoms with E-state index >= 15 is 0 Å². The van der Waals surface area contributed by atoms with E-state index in [1.165, 1.54) is 0 Å². The predicted molar refractivity (Wildman–Crippen MR) is 98.6 cm³/mol. The van der Waals surface area contributed by atoms with E-state index in [2.05, 4.69) is 33.2 Å². The van der Waals surface area contributed by atoms with Crippen molar-refractivity contribution in [2.75, 3.05) is 24.7 Å². The highest BCUT2D eigenvalue weighted by Gasteiger charge is 2.08. The van der Waals surface area contributed by atoms with Crippen LogP contribution in [-0.2, 0) is 0 Å². The van der Waals surface area contributed by atoms with Crippen molar-refractivity contribution in [3.05, 3.63) is 57.2 Å². The smallest absolute Gasteiger partial charge is 0.337 e. The lowest BCUT2D eigenvalue weighted by molar-refractivity contribution is 0.0687. The minimum Gasteiger partial charge on any atom is -0.478 e. The van der Waals surface area contributed by atoms with Crippen molar-refractivity contribution in [2.24, 2.45) is 0 Å². The molecule has 0 aliphatic heterocycles. The minimum atomic E-state index is -0.907. The van der Waals surface area contributed by atoms with Crippen molar-refractivity contribution < 1.29 is 19.8 Å². The Hall–Kier alpha value is -2.29. The summed E-state index contributed by atoms with van der Waals surface area (Å²) in [5.74, 6) is -1.81. The number of carbonyl (C=O) groups is 2. The van der Waals surface area contributed by atoms with E-state index in [1.54, 1.807) is 50.5 Å². The molecule has 23 heavy (non-hydrogen) atoms. The molecule has 4 N–H and O–H groups in total. The van der Waals surface area contributed by atoms with Gasteiger partial charge in [0.1, 0.15) is 0 Å². The molecule has 6 nitrogen and oxygen atoms in total. The summed E-state index contributed by atoms with van der Waals surface area (Å²) >= 11 is 2.08. The quantitative estimate of drug-likeness (QED) is 0.557. The van der Waals surface area contributed by atoms with E-state index in [0.29, 0.717) is 22.5 Å². The van der Waals surface area contributed by atoms with Gasteiger partial charge in [0, 0.05) is 29.0 Å². The number of aromatic carboxylic acids is 2. The normalized spacial score (nSPS) is 9.35. The van der Waals surface area contributed by atoms with Crippen LogP contribution in [0, 0.1) is 3.57 Å². The molecule has 0 aromatic heterocycles. The number of hydrogen-bond donors (Lipinski definition) is 4. The van der Waals surface area contributed by atoms with Gasteiger partial charge in [0.15, 0.2) is 0 Å². The van der Waals surface area contributed by atoms with Crippen LogP contribution in [-0.4, -0.2) is 36.2 Å². The van der Waals surface area contributed by atoms with E-state index in [0.717, 1.165) is 3.57 Å². The molecule has 0 amide bonds. The zero-order valence-electron chi connectivity index (χ0n) is 12.6. The molecule has 2 aromatic rings. The van der Waals surface area contributed by atoms with Gasteiger partial charge in [-0.2, -0.15) is 0 Å². The molecule has 0 saturated heterocycles. The molecular formula is C16H17IN2O4. The number of benzene rings is 2. The first-order valence-corrected chi connectivity index (χ1v) is 7.69. The Morgan fingerprint density at radius 1 is 0.870 bits per heavy atom. The number of rotatable bonds is 4. The monoisotopic (exact) mass is 428 g/mol. The third kappa shape index (κ3) is 5.44. The molecule has 7 heteroatoms. The number of carboxylic acid groups (broad SMARTS) is 2. The summed E-state index contributed by atoms with van der Waals surface area (Å²) in [7, 11) is 3.40. The van der Waals surface area contributed by atoms with Crippen LogP contribution >= 0.6 is 22.6 Å². The summed E-state index contributed by atoms with van der Waals surface area (Å²) in [6, 6.07) is 12.0. The Morgan fingerprint density at radius 3 is 1.87 bits per heavy atom. The maximum atomic E-state index is 10.7. The second kappa shape index (κ2) is 8.99. The zero-order chi connectivity index (χ0) is 17.4. The van der Waals surface area contributed by atoms with Gasteiger partial charge in [0.2, 0.25) is 0 Å². The van der Waals surface area contributed by atoms with Crippen LogP contribution in [0.2, 0.25) is 0 Å². The second-order valence-corrected chi connectivity index (χ2v) is 5.59. The number of para-hydroxylation sites is 1. The van der Waals surface area contributed by atoms with Crippen LogP contribution < -0.4 is 10.6 Å². The molecule has 0 saturated carbocycles. The lowest BCUT2D eigenvalue weighted by Gasteiger charge is -2.04. The summed E-state index contributed by atoms with van der Waals surface area (Å²) < 4.78 is 0.920. The van der Waals surface area contributed by atoms with Crippen molar-refractivity contribution >= 4 is 45.9 Å². The number of carboxylic acids is 2. The molecule has 122 valence electrons. The number of halogens is 1. The van der Waals surface area contributed by atoms with Crippen molar-refractivity contribution in [3.63, 3.8) is 0 Å². The van der Waals surface area contributed by atoms with Crippen molar-refractivity contribution in [2.45, 2.75) is 0 Å². The highest BCUT2D eigenvalue weighted by atomic mass is 127. The van der Waals surface area contributed by atoms with Crippen LogP contribution in [0.3, 0.4) is 0 Å².